The van der Waals surface area contributed by atoms with E-state index in [1.165, 1.54) is 16.7 Å². The lowest BCUT2D eigenvalue weighted by Gasteiger charge is -2.42. The number of hydrogen-bond acceptors (Lipinski definition) is 5. The van der Waals surface area contributed by atoms with Crippen molar-refractivity contribution in [3.63, 3.8) is 0 Å². The van der Waals surface area contributed by atoms with Crippen molar-refractivity contribution in [2.45, 2.75) is 31.2 Å². The average molecular weight is 374 g/mol. The predicted octanol–water partition coefficient (Wildman–Crippen LogP) is 3.22. The molecule has 0 aliphatic carbocycles. The molecule has 1 N–H and O–H groups in total. The molecule has 2 heterocycles. The lowest BCUT2D eigenvalue weighted by atomic mass is 10.0. The lowest BCUT2D eigenvalue weighted by Crippen LogP contribution is -2.62. The normalized spacial score (nSPS) is 19.8. The van der Waals surface area contributed by atoms with E-state index in [1.807, 2.05) is 19.9 Å². The van der Waals surface area contributed by atoms with Gasteiger partial charge in [-0.15, -0.1) is 0 Å². The molecule has 7 heteroatoms. The molecule has 0 spiro atoms. The minimum Gasteiger partial charge on any atom is -0.472 e. The van der Waals surface area contributed by atoms with Gasteiger partial charge in [0.05, 0.1) is 19.1 Å². The van der Waals surface area contributed by atoms with E-state index in [4.69, 9.17) is 16.6 Å². The summed E-state index contributed by atoms with van der Waals surface area (Å²) in [5.41, 5.74) is 1.37. The molecule has 3 rings (SSSR count). The van der Waals surface area contributed by atoms with Gasteiger partial charge in [-0.2, -0.15) is 0 Å². The Morgan fingerprint density at radius 2 is 2.04 bits per heavy atom. The molecule has 2 amide bonds. The Bertz CT molecular complexity index is 788. The molecule has 0 bridgehead atoms. The minimum atomic E-state index is -0.677. The Hall–Kier alpha value is -2.12. The highest BCUT2D eigenvalue weighted by Gasteiger charge is 2.46. The molecule has 25 heavy (non-hydrogen) atoms. The fraction of sp³-hybridized carbons (Fsp3) is 0.278. The number of carbonyl (C=O) groups is 2. The second-order valence-corrected chi connectivity index (χ2v) is 8.59. The number of nitrogens with zero attached hydrogens (tertiary/aromatic N) is 1. The maximum absolute atomic E-state index is 13.0. The zero-order valence-corrected chi connectivity index (χ0v) is 15.5. The molecule has 5 nitrogen and oxygen atoms in total. The summed E-state index contributed by atoms with van der Waals surface area (Å²) < 4.78 is 5.02. The summed E-state index contributed by atoms with van der Waals surface area (Å²) in [4.78, 5) is 27.1. The second-order valence-electron chi connectivity index (χ2n) is 6.30. The third kappa shape index (κ3) is 3.77. The second kappa shape index (κ2) is 7.01. The predicted molar refractivity (Wildman–Crippen MR) is 101 cm³/mol. The van der Waals surface area contributed by atoms with Gasteiger partial charge in [0.15, 0.2) is 0 Å². The van der Waals surface area contributed by atoms with Crippen molar-refractivity contribution in [2.24, 2.45) is 0 Å². The first kappa shape index (κ1) is 17.7. The molecule has 1 aromatic heterocycles. The van der Waals surface area contributed by atoms with Crippen LogP contribution in [0.25, 0.3) is 0 Å². The standard InChI is InChI=1S/C18H18N2O3S2/c1-18(2)14(19-15(21)13-6-4-3-5-7-13)16(22)20(17(24)25-18)10-12-8-9-23-11-12/h3-9,11,14H,10H2,1-2H3,(H,19,21). The Morgan fingerprint density at radius 3 is 2.68 bits per heavy atom. The summed E-state index contributed by atoms with van der Waals surface area (Å²) in [6.07, 6.45) is 3.14. The average Bonchev–Trinajstić information content (AvgIpc) is 3.09. The van der Waals surface area contributed by atoms with E-state index >= 15 is 0 Å². The Labute approximate surface area is 155 Å². The number of furan rings is 1. The van der Waals surface area contributed by atoms with Crippen molar-refractivity contribution in [3.8, 4) is 0 Å². The highest BCUT2D eigenvalue weighted by Crippen LogP contribution is 2.37. The summed E-state index contributed by atoms with van der Waals surface area (Å²) >= 11 is 6.82. The van der Waals surface area contributed by atoms with Crippen LogP contribution in [0.3, 0.4) is 0 Å². The molecule has 1 atom stereocenters. The number of thioether (sulfide) groups is 1. The van der Waals surface area contributed by atoms with E-state index in [0.29, 0.717) is 16.4 Å². The third-order valence-electron chi connectivity index (χ3n) is 4.01. The fourth-order valence-corrected chi connectivity index (χ4v) is 4.42. The number of benzene rings is 1. The van der Waals surface area contributed by atoms with Crippen molar-refractivity contribution in [1.82, 2.24) is 10.2 Å². The smallest absolute Gasteiger partial charge is 0.252 e. The minimum absolute atomic E-state index is 0.209. The number of carbonyl (C=O) groups excluding carboxylic acids is 2. The maximum Gasteiger partial charge on any atom is 0.252 e. The topological polar surface area (TPSA) is 62.6 Å². The summed E-state index contributed by atoms with van der Waals surface area (Å²) in [5.74, 6) is -0.483. The van der Waals surface area contributed by atoms with Crippen molar-refractivity contribution in [3.05, 3.63) is 60.1 Å². The van der Waals surface area contributed by atoms with Gasteiger partial charge in [-0.3, -0.25) is 14.5 Å². The molecular weight excluding hydrogens is 356 g/mol. The van der Waals surface area contributed by atoms with Crippen LogP contribution in [0.4, 0.5) is 0 Å². The molecule has 1 fully saturated rings. The summed E-state index contributed by atoms with van der Waals surface area (Å²) in [5, 5.41) is 2.87. The van der Waals surface area contributed by atoms with Gasteiger partial charge < -0.3 is 9.73 Å². The largest absolute Gasteiger partial charge is 0.472 e. The molecule has 1 aliphatic rings. The number of nitrogens with one attached hydrogen (secondary N) is 1. The van der Waals surface area contributed by atoms with Crippen LogP contribution in [0.15, 0.2) is 53.3 Å². The lowest BCUT2D eigenvalue weighted by molar-refractivity contribution is -0.130. The molecule has 1 saturated heterocycles. The molecular formula is C18H18N2O3S2. The Kier molecular flexibility index (Phi) is 4.96. The van der Waals surface area contributed by atoms with Crippen molar-refractivity contribution in [1.29, 1.82) is 0 Å². The van der Waals surface area contributed by atoms with Gasteiger partial charge in [-0.05, 0) is 32.0 Å². The van der Waals surface area contributed by atoms with Crippen LogP contribution in [0, 0.1) is 0 Å². The number of hydrogen-bond donors (Lipinski definition) is 1. The molecule has 130 valence electrons. The first-order chi connectivity index (χ1) is 11.9. The first-order valence-electron chi connectivity index (χ1n) is 7.80. The summed E-state index contributed by atoms with van der Waals surface area (Å²) in [7, 11) is 0. The molecule has 1 aliphatic heterocycles. The van der Waals surface area contributed by atoms with E-state index in [9.17, 15) is 9.59 Å². The van der Waals surface area contributed by atoms with Gasteiger partial charge in [-0.25, -0.2) is 0 Å². The molecule has 1 aromatic carbocycles. The highest BCUT2D eigenvalue weighted by molar-refractivity contribution is 8.24. The Balaban J connectivity index is 1.81. The number of rotatable bonds is 4. The van der Waals surface area contributed by atoms with E-state index < -0.39 is 10.8 Å². The van der Waals surface area contributed by atoms with E-state index in [1.54, 1.807) is 42.9 Å². The van der Waals surface area contributed by atoms with Crippen LogP contribution in [0.5, 0.6) is 0 Å². The van der Waals surface area contributed by atoms with E-state index in [0.717, 1.165) is 5.56 Å². The fourth-order valence-electron chi connectivity index (χ4n) is 2.63. The van der Waals surface area contributed by atoms with Crippen LogP contribution in [0.2, 0.25) is 0 Å². The third-order valence-corrected chi connectivity index (χ3v) is 5.64. The van der Waals surface area contributed by atoms with Gasteiger partial charge in [0.2, 0.25) is 0 Å². The molecule has 1 unspecified atom stereocenters. The van der Waals surface area contributed by atoms with Gasteiger partial charge in [0.1, 0.15) is 10.4 Å². The van der Waals surface area contributed by atoms with Gasteiger partial charge in [-0.1, -0.05) is 42.2 Å². The van der Waals surface area contributed by atoms with Crippen molar-refractivity contribution >= 4 is 40.1 Å². The van der Waals surface area contributed by atoms with Crippen LogP contribution < -0.4 is 5.32 Å². The van der Waals surface area contributed by atoms with Crippen molar-refractivity contribution < 1.29 is 14.0 Å². The van der Waals surface area contributed by atoms with Gasteiger partial charge in [0.25, 0.3) is 11.8 Å². The zero-order chi connectivity index (χ0) is 18.0. The van der Waals surface area contributed by atoms with Gasteiger partial charge >= 0.3 is 0 Å². The van der Waals surface area contributed by atoms with Crippen LogP contribution in [0.1, 0.15) is 29.8 Å². The first-order valence-corrected chi connectivity index (χ1v) is 9.02. The molecule has 0 radical (unpaired) electrons. The molecule has 2 aromatic rings. The summed E-state index contributed by atoms with van der Waals surface area (Å²) in [6.45, 7) is 4.15. The monoisotopic (exact) mass is 374 g/mol. The van der Waals surface area contributed by atoms with Crippen LogP contribution in [-0.2, 0) is 11.3 Å². The number of amides is 2. The SMILES string of the molecule is CC1(C)SC(=S)N(Cc2ccoc2)C(=O)C1NC(=O)c1ccccc1. The van der Waals surface area contributed by atoms with Gasteiger partial charge in [0, 0.05) is 15.9 Å². The van der Waals surface area contributed by atoms with Crippen LogP contribution >= 0.6 is 24.0 Å². The Morgan fingerprint density at radius 1 is 1.32 bits per heavy atom. The maximum atomic E-state index is 13.0. The highest BCUT2D eigenvalue weighted by atomic mass is 32.2. The molecule has 0 saturated carbocycles. The van der Waals surface area contributed by atoms with Crippen molar-refractivity contribution in [2.75, 3.05) is 0 Å². The van der Waals surface area contributed by atoms with E-state index in [-0.39, 0.29) is 11.8 Å². The summed E-state index contributed by atoms with van der Waals surface area (Å²) in [6, 6.07) is 9.97. The van der Waals surface area contributed by atoms with E-state index in [2.05, 4.69) is 5.32 Å². The van der Waals surface area contributed by atoms with Crippen LogP contribution in [-0.4, -0.2) is 31.8 Å². The zero-order valence-electron chi connectivity index (χ0n) is 13.9. The quantitative estimate of drug-likeness (QED) is 0.833. The number of thiocarbonyl (C=S) groups is 1.